The molecule has 1 saturated heterocycles. The molecule has 0 saturated carbocycles. The molecule has 1 amide bonds. The van der Waals surface area contributed by atoms with Crippen LogP contribution in [0, 0.1) is 11.7 Å². The van der Waals surface area contributed by atoms with Crippen LogP contribution in [0.4, 0.5) is 4.39 Å². The summed E-state index contributed by atoms with van der Waals surface area (Å²) in [5, 5.41) is 1.49. The summed E-state index contributed by atoms with van der Waals surface area (Å²) in [6.45, 7) is 3.85. The van der Waals surface area contributed by atoms with Crippen molar-refractivity contribution < 1.29 is 9.18 Å². The maximum atomic E-state index is 13.4. The monoisotopic (exact) mass is 427 g/mol. The number of piperidine rings is 1. The lowest BCUT2D eigenvalue weighted by Crippen LogP contribution is -2.42. The van der Waals surface area contributed by atoms with Gasteiger partial charge in [0.2, 0.25) is 0 Å². The first-order chi connectivity index (χ1) is 14.5. The minimum atomic E-state index is -0.297. The molecule has 158 valence electrons. The third-order valence-corrected chi connectivity index (χ3v) is 6.18. The molecule has 1 N–H and O–H groups in total. The van der Waals surface area contributed by atoms with Crippen LogP contribution in [0.25, 0.3) is 10.9 Å². The molecule has 0 unspecified atom stereocenters. The van der Waals surface area contributed by atoms with E-state index in [1.165, 1.54) is 17.7 Å². The smallest absolute Gasteiger partial charge is 0.270 e. The highest BCUT2D eigenvalue weighted by Gasteiger charge is 2.23. The van der Waals surface area contributed by atoms with E-state index in [4.69, 9.17) is 11.6 Å². The highest BCUT2D eigenvalue weighted by Crippen LogP contribution is 2.21. The van der Waals surface area contributed by atoms with Crippen LogP contribution in [0.15, 0.2) is 48.5 Å². The number of carbonyl (C=O) groups excluding carboxylic acids is 1. The molecular formula is C24H27ClFN3O. The van der Waals surface area contributed by atoms with Gasteiger partial charge in [0.15, 0.2) is 0 Å². The third kappa shape index (κ3) is 5.02. The number of H-pyrrole nitrogens is 1. The molecule has 0 bridgehead atoms. The van der Waals surface area contributed by atoms with Gasteiger partial charge in [0.25, 0.3) is 5.91 Å². The number of aromatic amines is 1. The Hall–Kier alpha value is -2.37. The van der Waals surface area contributed by atoms with Gasteiger partial charge in [0, 0.05) is 42.6 Å². The van der Waals surface area contributed by atoms with E-state index in [1.807, 2.05) is 19.2 Å². The molecular weight excluding hydrogens is 401 g/mol. The number of benzene rings is 2. The van der Waals surface area contributed by atoms with E-state index in [1.54, 1.807) is 17.0 Å². The molecule has 1 aliphatic rings. The summed E-state index contributed by atoms with van der Waals surface area (Å²) >= 11 is 5.97. The fourth-order valence-corrected chi connectivity index (χ4v) is 4.46. The average Bonchev–Trinajstić information content (AvgIpc) is 3.16. The van der Waals surface area contributed by atoms with Crippen molar-refractivity contribution in [2.75, 3.05) is 33.2 Å². The number of nitrogens with one attached hydrogen (secondary N) is 1. The Morgan fingerprint density at radius 2 is 2.03 bits per heavy atom. The quantitative estimate of drug-likeness (QED) is 0.602. The van der Waals surface area contributed by atoms with Crippen LogP contribution >= 0.6 is 11.6 Å². The van der Waals surface area contributed by atoms with E-state index in [2.05, 4.69) is 22.0 Å². The molecule has 1 aliphatic heterocycles. The summed E-state index contributed by atoms with van der Waals surface area (Å²) in [6.07, 6.45) is 3.29. The second-order valence-electron chi connectivity index (χ2n) is 8.29. The summed E-state index contributed by atoms with van der Waals surface area (Å²) in [4.78, 5) is 20.3. The van der Waals surface area contributed by atoms with Crippen molar-refractivity contribution in [2.45, 2.75) is 19.3 Å². The van der Waals surface area contributed by atoms with Crippen molar-refractivity contribution in [3.8, 4) is 0 Å². The van der Waals surface area contributed by atoms with Crippen LogP contribution in [0.5, 0.6) is 0 Å². The highest BCUT2D eigenvalue weighted by molar-refractivity contribution is 6.30. The molecule has 4 rings (SSSR count). The first kappa shape index (κ1) is 20.9. The topological polar surface area (TPSA) is 39.3 Å². The van der Waals surface area contributed by atoms with E-state index < -0.39 is 0 Å². The van der Waals surface area contributed by atoms with Crippen molar-refractivity contribution in [1.82, 2.24) is 14.8 Å². The maximum Gasteiger partial charge on any atom is 0.270 e. The van der Waals surface area contributed by atoms with E-state index >= 15 is 0 Å². The summed E-state index contributed by atoms with van der Waals surface area (Å²) in [6, 6.07) is 14.3. The fraction of sp³-hybridized carbons (Fsp3) is 0.375. The summed E-state index contributed by atoms with van der Waals surface area (Å²) < 4.78 is 13.4. The van der Waals surface area contributed by atoms with Gasteiger partial charge in [-0.1, -0.05) is 23.7 Å². The fourth-order valence-electron chi connectivity index (χ4n) is 4.34. The molecule has 0 radical (unpaired) electrons. The molecule has 30 heavy (non-hydrogen) atoms. The lowest BCUT2D eigenvalue weighted by Gasteiger charge is -2.34. The van der Waals surface area contributed by atoms with Gasteiger partial charge in [-0.25, -0.2) is 4.39 Å². The van der Waals surface area contributed by atoms with E-state index in [9.17, 15) is 9.18 Å². The molecule has 1 aromatic heterocycles. The number of amides is 1. The van der Waals surface area contributed by atoms with Crippen LogP contribution in [-0.4, -0.2) is 53.9 Å². The number of likely N-dealkylation sites (tertiary alicyclic amines) is 1. The largest absolute Gasteiger partial charge is 0.351 e. The zero-order valence-corrected chi connectivity index (χ0v) is 18.0. The number of nitrogens with zero attached hydrogens (tertiary/aromatic N) is 2. The molecule has 4 nitrogen and oxygen atoms in total. The van der Waals surface area contributed by atoms with Crippen LogP contribution in [-0.2, 0) is 6.42 Å². The average molecular weight is 428 g/mol. The lowest BCUT2D eigenvalue weighted by molar-refractivity contribution is 0.0725. The Bertz CT molecular complexity index is 1020. The van der Waals surface area contributed by atoms with Gasteiger partial charge in [-0.05, 0) is 73.7 Å². The molecule has 3 aromatic rings. The minimum absolute atomic E-state index is 0.0510. The standard InChI is InChI=1S/C24H27ClFN3O/c1-28(24(30)23-14-19-13-21(26)8-9-22(19)27-23)15-18-3-2-11-29(16-18)12-10-17-4-6-20(25)7-5-17/h4-9,13-14,18,27H,2-3,10-12,15-16H2,1H3/t18-/m1/s1. The third-order valence-electron chi connectivity index (χ3n) is 5.93. The van der Waals surface area contributed by atoms with Crippen LogP contribution in [0.3, 0.4) is 0 Å². The summed E-state index contributed by atoms with van der Waals surface area (Å²) in [5.41, 5.74) is 2.58. The normalized spacial score (nSPS) is 17.4. The van der Waals surface area contributed by atoms with Gasteiger partial charge in [0.05, 0.1) is 0 Å². The SMILES string of the molecule is CN(C[C@H]1CCCN(CCc2ccc(Cl)cc2)C1)C(=O)c1cc2cc(F)ccc2[nH]1. The first-order valence-corrected chi connectivity index (χ1v) is 10.9. The summed E-state index contributed by atoms with van der Waals surface area (Å²) in [5.74, 6) is 0.111. The minimum Gasteiger partial charge on any atom is -0.351 e. The second-order valence-corrected chi connectivity index (χ2v) is 8.72. The van der Waals surface area contributed by atoms with Crippen LogP contribution < -0.4 is 0 Å². The molecule has 0 aliphatic carbocycles. The van der Waals surface area contributed by atoms with E-state index in [0.29, 0.717) is 11.6 Å². The molecule has 0 spiro atoms. The van der Waals surface area contributed by atoms with E-state index in [0.717, 1.165) is 61.4 Å². The second kappa shape index (κ2) is 9.19. The van der Waals surface area contributed by atoms with Crippen molar-refractivity contribution in [1.29, 1.82) is 0 Å². The molecule has 2 aromatic carbocycles. The van der Waals surface area contributed by atoms with Crippen molar-refractivity contribution in [3.63, 3.8) is 0 Å². The predicted molar refractivity (Wildman–Crippen MR) is 120 cm³/mol. The Labute approximate surface area is 181 Å². The van der Waals surface area contributed by atoms with Crippen molar-refractivity contribution in [2.24, 2.45) is 5.92 Å². The van der Waals surface area contributed by atoms with Crippen LogP contribution in [0.2, 0.25) is 5.02 Å². The van der Waals surface area contributed by atoms with Crippen molar-refractivity contribution >= 4 is 28.4 Å². The Balaban J connectivity index is 1.32. The predicted octanol–water partition coefficient (Wildman–Crippen LogP) is 4.99. The van der Waals surface area contributed by atoms with Crippen molar-refractivity contribution in [3.05, 3.63) is 70.6 Å². The zero-order chi connectivity index (χ0) is 21.1. The van der Waals surface area contributed by atoms with E-state index in [-0.39, 0.29) is 11.7 Å². The zero-order valence-electron chi connectivity index (χ0n) is 17.2. The number of hydrogen-bond acceptors (Lipinski definition) is 2. The number of rotatable bonds is 6. The number of aromatic nitrogens is 1. The molecule has 2 heterocycles. The van der Waals surface area contributed by atoms with Crippen LogP contribution in [0.1, 0.15) is 28.9 Å². The number of hydrogen-bond donors (Lipinski definition) is 1. The summed E-state index contributed by atoms with van der Waals surface area (Å²) in [7, 11) is 1.85. The van der Waals surface area contributed by atoms with Gasteiger partial charge < -0.3 is 14.8 Å². The first-order valence-electron chi connectivity index (χ1n) is 10.5. The lowest BCUT2D eigenvalue weighted by atomic mass is 9.97. The number of halogens is 2. The Morgan fingerprint density at radius 1 is 1.23 bits per heavy atom. The molecule has 6 heteroatoms. The van der Waals surface area contributed by atoms with Gasteiger partial charge >= 0.3 is 0 Å². The molecule has 1 fully saturated rings. The number of fused-ring (bicyclic) bond motifs is 1. The molecule has 1 atom stereocenters. The Morgan fingerprint density at radius 3 is 2.83 bits per heavy atom. The highest BCUT2D eigenvalue weighted by atomic mass is 35.5. The van der Waals surface area contributed by atoms with Gasteiger partial charge in [0.1, 0.15) is 11.5 Å². The number of carbonyl (C=O) groups is 1. The van der Waals surface area contributed by atoms with Gasteiger partial charge in [-0.2, -0.15) is 0 Å². The van der Waals surface area contributed by atoms with Gasteiger partial charge in [-0.15, -0.1) is 0 Å². The van der Waals surface area contributed by atoms with Gasteiger partial charge in [-0.3, -0.25) is 4.79 Å². The maximum absolute atomic E-state index is 13.4. The Kier molecular flexibility index (Phi) is 6.40.